The fourth-order valence-electron chi connectivity index (χ4n) is 2.02. The number of halogens is 1. The molecule has 0 saturated carbocycles. The highest BCUT2D eigenvalue weighted by Crippen LogP contribution is 2.17. The van der Waals surface area contributed by atoms with Crippen LogP contribution in [0.2, 0.25) is 5.02 Å². The molecule has 1 aromatic carbocycles. The lowest BCUT2D eigenvalue weighted by Gasteiger charge is -2.04. The monoisotopic (exact) mass is 301 g/mol. The second kappa shape index (κ2) is 5.46. The summed E-state index contributed by atoms with van der Waals surface area (Å²) in [7, 11) is 0. The summed E-state index contributed by atoms with van der Waals surface area (Å²) < 4.78 is 1.60. The SMILES string of the molecule is O=C(NCc1ccccc1Cl)c1cn2cccc(O)c2n1. The predicted molar refractivity (Wildman–Crippen MR) is 79.5 cm³/mol. The van der Waals surface area contributed by atoms with E-state index in [1.807, 2.05) is 18.2 Å². The minimum absolute atomic E-state index is 0.0302. The molecule has 1 amide bonds. The first-order valence-electron chi connectivity index (χ1n) is 6.33. The number of nitrogens with zero attached hydrogens (tertiary/aromatic N) is 2. The van der Waals surface area contributed by atoms with Crippen molar-refractivity contribution in [2.45, 2.75) is 6.54 Å². The Labute approximate surface area is 125 Å². The molecule has 0 saturated heterocycles. The van der Waals surface area contributed by atoms with Crippen molar-refractivity contribution < 1.29 is 9.90 Å². The van der Waals surface area contributed by atoms with Gasteiger partial charge in [-0.1, -0.05) is 29.8 Å². The van der Waals surface area contributed by atoms with Crippen molar-refractivity contribution in [3.63, 3.8) is 0 Å². The maximum atomic E-state index is 12.1. The van der Waals surface area contributed by atoms with Crippen LogP contribution in [0.3, 0.4) is 0 Å². The normalized spacial score (nSPS) is 10.7. The Morgan fingerprint density at radius 2 is 2.10 bits per heavy atom. The van der Waals surface area contributed by atoms with Crippen molar-refractivity contribution in [2.24, 2.45) is 0 Å². The van der Waals surface area contributed by atoms with Gasteiger partial charge in [-0.05, 0) is 23.8 Å². The molecule has 2 heterocycles. The molecular formula is C15H12ClN3O2. The zero-order valence-electron chi connectivity index (χ0n) is 11.0. The molecule has 0 fully saturated rings. The van der Waals surface area contributed by atoms with Crippen molar-refractivity contribution in [3.8, 4) is 5.75 Å². The lowest BCUT2D eigenvalue weighted by Crippen LogP contribution is -2.23. The van der Waals surface area contributed by atoms with Crippen LogP contribution in [-0.4, -0.2) is 20.4 Å². The van der Waals surface area contributed by atoms with E-state index in [4.69, 9.17) is 11.6 Å². The largest absolute Gasteiger partial charge is 0.504 e. The van der Waals surface area contributed by atoms with Crippen molar-refractivity contribution in [1.29, 1.82) is 0 Å². The molecule has 6 heteroatoms. The van der Waals surface area contributed by atoms with Gasteiger partial charge in [0.25, 0.3) is 5.91 Å². The molecule has 2 N–H and O–H groups in total. The van der Waals surface area contributed by atoms with Crippen molar-refractivity contribution in [3.05, 3.63) is 65.1 Å². The van der Waals surface area contributed by atoms with E-state index in [1.54, 1.807) is 28.9 Å². The highest BCUT2D eigenvalue weighted by molar-refractivity contribution is 6.31. The van der Waals surface area contributed by atoms with Gasteiger partial charge in [-0.15, -0.1) is 0 Å². The number of aromatic hydroxyl groups is 1. The molecule has 3 aromatic rings. The van der Waals surface area contributed by atoms with Crippen LogP contribution < -0.4 is 5.32 Å². The molecule has 0 unspecified atom stereocenters. The Balaban J connectivity index is 1.78. The Morgan fingerprint density at radius 3 is 2.86 bits per heavy atom. The minimum Gasteiger partial charge on any atom is -0.504 e. The van der Waals surface area contributed by atoms with E-state index in [-0.39, 0.29) is 17.4 Å². The second-order valence-electron chi connectivity index (χ2n) is 4.52. The number of pyridine rings is 1. The number of carbonyl (C=O) groups excluding carboxylic acids is 1. The third-order valence-electron chi connectivity index (χ3n) is 3.09. The number of carbonyl (C=O) groups is 1. The van der Waals surface area contributed by atoms with Gasteiger partial charge in [0.05, 0.1) is 0 Å². The van der Waals surface area contributed by atoms with Gasteiger partial charge in [0, 0.05) is 24.0 Å². The van der Waals surface area contributed by atoms with E-state index in [2.05, 4.69) is 10.3 Å². The number of hydrogen-bond acceptors (Lipinski definition) is 3. The van der Waals surface area contributed by atoms with E-state index in [9.17, 15) is 9.90 Å². The zero-order valence-corrected chi connectivity index (χ0v) is 11.7. The summed E-state index contributed by atoms with van der Waals surface area (Å²) in [5, 5.41) is 13.0. The van der Waals surface area contributed by atoms with Crippen LogP contribution in [0.15, 0.2) is 48.8 Å². The summed E-state index contributed by atoms with van der Waals surface area (Å²) in [5.41, 5.74) is 1.42. The number of nitrogens with one attached hydrogen (secondary N) is 1. The van der Waals surface area contributed by atoms with Crippen molar-refractivity contribution in [2.75, 3.05) is 0 Å². The van der Waals surface area contributed by atoms with E-state index < -0.39 is 0 Å². The van der Waals surface area contributed by atoms with E-state index >= 15 is 0 Å². The minimum atomic E-state index is -0.321. The summed E-state index contributed by atoms with van der Waals surface area (Å²) in [4.78, 5) is 16.2. The average molecular weight is 302 g/mol. The van der Waals surface area contributed by atoms with Gasteiger partial charge >= 0.3 is 0 Å². The van der Waals surface area contributed by atoms with E-state index in [0.29, 0.717) is 17.2 Å². The van der Waals surface area contributed by atoms with Gasteiger partial charge in [0.2, 0.25) is 0 Å². The standard InChI is InChI=1S/C15H12ClN3O2/c16-11-5-2-1-4-10(11)8-17-15(21)12-9-19-7-3-6-13(20)14(19)18-12/h1-7,9,20H,8H2,(H,17,21). The van der Waals surface area contributed by atoms with Crippen LogP contribution in [0, 0.1) is 0 Å². The fourth-order valence-corrected chi connectivity index (χ4v) is 2.22. The van der Waals surface area contributed by atoms with E-state index in [0.717, 1.165) is 5.56 Å². The number of amides is 1. The predicted octanol–water partition coefficient (Wildman–Crippen LogP) is 2.62. The molecule has 2 aromatic heterocycles. The number of benzene rings is 1. The second-order valence-corrected chi connectivity index (χ2v) is 4.93. The molecule has 0 atom stereocenters. The molecule has 0 radical (unpaired) electrons. The third kappa shape index (κ3) is 2.68. The topological polar surface area (TPSA) is 66.6 Å². The molecule has 0 aliphatic carbocycles. The number of aromatic nitrogens is 2. The smallest absolute Gasteiger partial charge is 0.271 e. The first kappa shape index (κ1) is 13.5. The molecule has 3 rings (SSSR count). The number of rotatable bonds is 3. The Kier molecular flexibility index (Phi) is 3.50. The molecule has 5 nitrogen and oxygen atoms in total. The highest BCUT2D eigenvalue weighted by atomic mass is 35.5. The Hall–Kier alpha value is -2.53. The summed E-state index contributed by atoms with van der Waals surface area (Å²) in [5.74, 6) is -0.291. The molecule has 0 aliphatic heterocycles. The fraction of sp³-hybridized carbons (Fsp3) is 0.0667. The van der Waals surface area contributed by atoms with Gasteiger partial charge in [0.15, 0.2) is 11.4 Å². The van der Waals surface area contributed by atoms with E-state index in [1.165, 1.54) is 6.07 Å². The maximum Gasteiger partial charge on any atom is 0.271 e. The van der Waals surface area contributed by atoms with Gasteiger partial charge in [-0.25, -0.2) is 4.98 Å². The lowest BCUT2D eigenvalue weighted by atomic mass is 10.2. The average Bonchev–Trinajstić information content (AvgIpc) is 2.92. The Morgan fingerprint density at radius 1 is 1.29 bits per heavy atom. The summed E-state index contributed by atoms with van der Waals surface area (Å²) in [6, 6.07) is 10.5. The van der Waals surface area contributed by atoms with Crippen LogP contribution in [0.25, 0.3) is 5.65 Å². The van der Waals surface area contributed by atoms with Gasteiger partial charge in [0.1, 0.15) is 5.69 Å². The Bertz CT molecular complexity index is 814. The number of imidazole rings is 1. The van der Waals surface area contributed by atoms with Gasteiger partial charge in [-0.2, -0.15) is 0 Å². The first-order chi connectivity index (χ1) is 10.1. The van der Waals surface area contributed by atoms with Crippen LogP contribution >= 0.6 is 11.6 Å². The van der Waals surface area contributed by atoms with Crippen molar-refractivity contribution in [1.82, 2.24) is 14.7 Å². The van der Waals surface area contributed by atoms with Crippen LogP contribution in [0.1, 0.15) is 16.1 Å². The number of fused-ring (bicyclic) bond motifs is 1. The summed E-state index contributed by atoms with van der Waals surface area (Å²) in [6.07, 6.45) is 3.28. The maximum absolute atomic E-state index is 12.1. The molecule has 0 aliphatic rings. The summed E-state index contributed by atoms with van der Waals surface area (Å²) in [6.45, 7) is 0.318. The van der Waals surface area contributed by atoms with Crippen molar-refractivity contribution >= 4 is 23.2 Å². The summed E-state index contributed by atoms with van der Waals surface area (Å²) >= 11 is 6.03. The highest BCUT2D eigenvalue weighted by Gasteiger charge is 2.12. The van der Waals surface area contributed by atoms with Gasteiger partial charge in [-0.3, -0.25) is 4.79 Å². The number of hydrogen-bond donors (Lipinski definition) is 2. The van der Waals surface area contributed by atoms with Crippen LogP contribution in [-0.2, 0) is 6.54 Å². The third-order valence-corrected chi connectivity index (χ3v) is 3.46. The molecular weight excluding hydrogens is 290 g/mol. The van der Waals surface area contributed by atoms with Gasteiger partial charge < -0.3 is 14.8 Å². The quantitative estimate of drug-likeness (QED) is 0.781. The molecule has 0 spiro atoms. The van der Waals surface area contributed by atoms with Crippen LogP contribution in [0.5, 0.6) is 5.75 Å². The van der Waals surface area contributed by atoms with Crippen LogP contribution in [0.4, 0.5) is 0 Å². The molecule has 21 heavy (non-hydrogen) atoms. The molecule has 0 bridgehead atoms. The molecule has 106 valence electrons. The zero-order chi connectivity index (χ0) is 14.8. The lowest BCUT2D eigenvalue weighted by molar-refractivity contribution is 0.0946. The first-order valence-corrected chi connectivity index (χ1v) is 6.71.